The molecule has 0 bridgehead atoms. The molecular formula is C35H34N10O2S. The fourth-order valence-corrected chi connectivity index (χ4v) is 7.68. The molecule has 1 aliphatic carbocycles. The molecule has 2 amide bonds. The number of carbonyl (C=O) groups excluding carboxylic acids is 2. The highest BCUT2D eigenvalue weighted by Crippen LogP contribution is 2.46. The maximum atomic E-state index is 12.9. The molecule has 3 aliphatic rings. The monoisotopic (exact) mass is 658 g/mol. The molecule has 2 aliphatic heterocycles. The van der Waals surface area contributed by atoms with Crippen LogP contribution in [0.1, 0.15) is 22.5 Å². The topological polar surface area (TPSA) is 141 Å². The zero-order valence-corrected chi connectivity index (χ0v) is 27.1. The third-order valence-electron chi connectivity index (χ3n) is 9.55. The first kappa shape index (κ1) is 29.9. The van der Waals surface area contributed by atoms with Crippen molar-refractivity contribution < 1.29 is 9.59 Å². The van der Waals surface area contributed by atoms with Crippen LogP contribution in [0, 0.1) is 16.7 Å². The highest BCUT2D eigenvalue weighted by atomic mass is 32.1. The van der Waals surface area contributed by atoms with Gasteiger partial charge in [0, 0.05) is 86.7 Å². The van der Waals surface area contributed by atoms with Crippen LogP contribution in [-0.4, -0.2) is 98.9 Å². The first-order chi connectivity index (χ1) is 23.5. The summed E-state index contributed by atoms with van der Waals surface area (Å²) in [5, 5.41) is 12.4. The Morgan fingerprint density at radius 3 is 2.21 bits per heavy atom. The Bertz CT molecular complexity index is 2130. The molecule has 0 radical (unpaired) electrons. The second kappa shape index (κ2) is 12.3. The van der Waals surface area contributed by atoms with Crippen LogP contribution in [0.4, 0.5) is 11.5 Å². The molecule has 5 aromatic heterocycles. The normalized spacial score (nSPS) is 17.3. The Morgan fingerprint density at radius 2 is 1.48 bits per heavy atom. The second-order valence-corrected chi connectivity index (χ2v) is 13.5. The minimum atomic E-state index is -0.717. The Hall–Kier alpha value is -5.48. The molecule has 0 atom stereocenters. The van der Waals surface area contributed by atoms with Crippen molar-refractivity contribution >= 4 is 66.8 Å². The zero-order valence-electron chi connectivity index (χ0n) is 26.3. The first-order valence-electron chi connectivity index (χ1n) is 16.2. The average molecular weight is 659 g/mol. The fourth-order valence-electron chi connectivity index (χ4n) is 6.65. The molecular weight excluding hydrogens is 625 g/mol. The number of carbonyl (C=O) groups is 2. The van der Waals surface area contributed by atoms with E-state index in [2.05, 4.69) is 65.1 Å². The van der Waals surface area contributed by atoms with Gasteiger partial charge in [0.2, 0.25) is 5.91 Å². The summed E-state index contributed by atoms with van der Waals surface area (Å²) >= 11 is 1.58. The van der Waals surface area contributed by atoms with Gasteiger partial charge < -0.3 is 29.6 Å². The summed E-state index contributed by atoms with van der Waals surface area (Å²) < 4.78 is 1.17. The summed E-state index contributed by atoms with van der Waals surface area (Å²) in [6, 6.07) is 18.4. The smallest absolute Gasteiger partial charge is 0.264 e. The number of thiophene rings is 1. The highest BCUT2D eigenvalue weighted by molar-refractivity contribution is 7.20. The average Bonchev–Trinajstić information content (AvgIpc) is 3.47. The maximum absolute atomic E-state index is 12.9. The summed E-state index contributed by atoms with van der Waals surface area (Å²) in [5.41, 5.74) is 2.20. The molecule has 0 spiro atoms. The predicted molar refractivity (Wildman–Crippen MR) is 186 cm³/mol. The quantitative estimate of drug-likeness (QED) is 0.279. The number of benzene rings is 1. The number of aromatic nitrogens is 5. The number of rotatable bonds is 4. The number of fused-ring (bicyclic) bond motifs is 3. The van der Waals surface area contributed by atoms with Crippen molar-refractivity contribution in [3.05, 3.63) is 78.3 Å². The lowest BCUT2D eigenvalue weighted by molar-refractivity contribution is -0.135. The second-order valence-electron chi connectivity index (χ2n) is 12.4. The molecule has 0 unspecified atom stereocenters. The number of nitrogens with zero attached hydrogens (tertiary/aromatic N) is 8. The van der Waals surface area contributed by atoms with Gasteiger partial charge >= 0.3 is 0 Å². The van der Waals surface area contributed by atoms with Gasteiger partial charge in [0.15, 0.2) is 0 Å². The van der Waals surface area contributed by atoms with Crippen LogP contribution in [0.3, 0.4) is 0 Å². The zero-order chi connectivity index (χ0) is 32.7. The van der Waals surface area contributed by atoms with Crippen LogP contribution in [0.25, 0.3) is 32.2 Å². The molecule has 13 heteroatoms. The van der Waals surface area contributed by atoms with E-state index < -0.39 is 5.41 Å². The van der Waals surface area contributed by atoms with Crippen LogP contribution in [0.15, 0.2) is 73.4 Å². The number of aromatic amines is 2. The lowest BCUT2D eigenvalue weighted by Gasteiger charge is -2.36. The minimum Gasteiger partial charge on any atom is -0.367 e. The summed E-state index contributed by atoms with van der Waals surface area (Å²) in [6.45, 7) is 5.87. The molecule has 9 rings (SSSR count). The number of nitriles is 1. The summed E-state index contributed by atoms with van der Waals surface area (Å²) in [4.78, 5) is 53.6. The molecule has 242 valence electrons. The number of pyridine rings is 1. The van der Waals surface area contributed by atoms with Crippen LogP contribution in [0.5, 0.6) is 0 Å². The van der Waals surface area contributed by atoms with Crippen molar-refractivity contribution in [2.45, 2.75) is 12.8 Å². The largest absolute Gasteiger partial charge is 0.367 e. The van der Waals surface area contributed by atoms with Crippen LogP contribution >= 0.6 is 11.3 Å². The van der Waals surface area contributed by atoms with E-state index in [1.807, 2.05) is 52.7 Å². The number of hydrogen-bond donors (Lipinski definition) is 2. The fraction of sp³-hybridized carbons (Fsp3) is 0.314. The first-order valence-corrected chi connectivity index (χ1v) is 17.0. The molecule has 48 heavy (non-hydrogen) atoms. The van der Waals surface area contributed by atoms with E-state index in [0.29, 0.717) is 25.9 Å². The van der Waals surface area contributed by atoms with Gasteiger partial charge in [-0.1, -0.05) is 18.2 Å². The Morgan fingerprint density at radius 1 is 0.792 bits per heavy atom. The van der Waals surface area contributed by atoms with E-state index in [0.717, 1.165) is 77.4 Å². The van der Waals surface area contributed by atoms with Crippen LogP contribution < -0.4 is 9.80 Å². The van der Waals surface area contributed by atoms with Gasteiger partial charge in [-0.3, -0.25) is 9.59 Å². The van der Waals surface area contributed by atoms with Gasteiger partial charge in [-0.05, 0) is 48.6 Å². The van der Waals surface area contributed by atoms with E-state index in [1.165, 1.54) is 10.4 Å². The third kappa shape index (κ3) is 5.47. The summed E-state index contributed by atoms with van der Waals surface area (Å²) in [7, 11) is 0. The van der Waals surface area contributed by atoms with Crippen molar-refractivity contribution in [3.8, 4) is 6.07 Å². The Balaban J connectivity index is 0.000000142. The van der Waals surface area contributed by atoms with Gasteiger partial charge in [0.25, 0.3) is 5.91 Å². The SMILES string of the molecule is N#CC1(C(=O)N2CCN(c3ncnc4[nH]ccc34)CC2)CC1.O=C(c1cc2ccccc2s1)N1CCN(c2ccnc3[nH]ccc23)CC1. The van der Waals surface area contributed by atoms with E-state index in [4.69, 9.17) is 5.26 Å². The predicted octanol–water partition coefficient (Wildman–Crippen LogP) is 4.65. The van der Waals surface area contributed by atoms with Gasteiger partial charge in [0.1, 0.15) is 28.9 Å². The lowest BCUT2D eigenvalue weighted by atomic mass is 10.1. The van der Waals surface area contributed by atoms with Crippen LogP contribution in [0.2, 0.25) is 0 Å². The molecule has 2 saturated heterocycles. The van der Waals surface area contributed by atoms with Crippen molar-refractivity contribution in [1.29, 1.82) is 5.26 Å². The molecule has 7 heterocycles. The molecule has 1 aromatic carbocycles. The van der Waals surface area contributed by atoms with E-state index in [1.54, 1.807) is 17.7 Å². The van der Waals surface area contributed by atoms with E-state index in [-0.39, 0.29) is 11.8 Å². The number of piperazine rings is 2. The van der Waals surface area contributed by atoms with Gasteiger partial charge in [0.05, 0.1) is 16.3 Å². The molecule has 12 nitrogen and oxygen atoms in total. The van der Waals surface area contributed by atoms with Crippen LogP contribution in [-0.2, 0) is 4.79 Å². The maximum Gasteiger partial charge on any atom is 0.264 e. The van der Waals surface area contributed by atoms with Crippen molar-refractivity contribution in [3.63, 3.8) is 0 Å². The van der Waals surface area contributed by atoms with Gasteiger partial charge in [-0.2, -0.15) is 5.26 Å². The Labute approximate surface area is 280 Å². The highest BCUT2D eigenvalue weighted by Gasteiger charge is 2.52. The number of anilines is 2. The summed E-state index contributed by atoms with van der Waals surface area (Å²) in [6.07, 6.45) is 8.58. The molecule has 2 N–H and O–H groups in total. The standard InChI is InChI=1S/C20H18N4OS.C15H16N6O/c25-20(18-13-14-3-1-2-4-17(14)26-18)24-11-9-23(10-12-24)16-6-8-22-19-15(16)5-7-21-19;16-9-15(2-3-15)14(22)21-7-5-20(6-8-21)13-11-1-4-17-12(11)18-10-19-13/h1-8,13H,9-12H2,(H,21,22);1,4,10H,2-3,5-8H2,(H,17,18,19). The van der Waals surface area contributed by atoms with Crippen molar-refractivity contribution in [2.75, 3.05) is 62.2 Å². The molecule has 1 saturated carbocycles. The van der Waals surface area contributed by atoms with Gasteiger partial charge in [-0.15, -0.1) is 11.3 Å². The number of nitrogens with one attached hydrogen (secondary N) is 2. The minimum absolute atomic E-state index is 0.00382. The van der Waals surface area contributed by atoms with Crippen molar-refractivity contribution in [1.82, 2.24) is 34.7 Å². The molecule has 3 fully saturated rings. The molecule has 6 aromatic rings. The van der Waals surface area contributed by atoms with E-state index in [9.17, 15) is 9.59 Å². The Kier molecular flexibility index (Phi) is 7.64. The van der Waals surface area contributed by atoms with Crippen molar-refractivity contribution in [2.24, 2.45) is 5.41 Å². The number of H-pyrrole nitrogens is 2. The lowest BCUT2D eigenvalue weighted by Crippen LogP contribution is -2.51. The number of hydrogen-bond acceptors (Lipinski definition) is 9. The number of amides is 2. The van der Waals surface area contributed by atoms with E-state index >= 15 is 0 Å². The summed E-state index contributed by atoms with van der Waals surface area (Å²) in [5.74, 6) is 1.05. The van der Waals surface area contributed by atoms with Gasteiger partial charge in [-0.25, -0.2) is 15.0 Å². The third-order valence-corrected chi connectivity index (χ3v) is 10.7.